The number of anilines is 2. The Balaban J connectivity index is 2.01. The van der Waals surface area contributed by atoms with Gasteiger partial charge in [-0.1, -0.05) is 23.2 Å². The van der Waals surface area contributed by atoms with Gasteiger partial charge in [0.1, 0.15) is 16.1 Å². The first-order valence-electron chi connectivity index (χ1n) is 5.62. The number of ether oxygens (including phenoxy) is 1. The molecule has 0 aliphatic heterocycles. The lowest BCUT2D eigenvalue weighted by Crippen LogP contribution is -2.19. The Hall–Kier alpha value is -1.56. The molecule has 0 saturated carbocycles. The van der Waals surface area contributed by atoms with Crippen LogP contribution < -0.4 is 15.4 Å². The minimum absolute atomic E-state index is 0.298. The number of benzene rings is 1. The van der Waals surface area contributed by atoms with Crippen molar-refractivity contribution in [3.63, 3.8) is 0 Å². The Morgan fingerprint density at radius 3 is 2.15 bits per heavy atom. The van der Waals surface area contributed by atoms with Gasteiger partial charge in [-0.2, -0.15) is 0 Å². The summed E-state index contributed by atoms with van der Waals surface area (Å²) in [6, 6.07) is 10.7. The van der Waals surface area contributed by atoms with Crippen molar-refractivity contribution in [2.45, 2.75) is 0 Å². The van der Waals surface area contributed by atoms with E-state index in [1.54, 1.807) is 19.2 Å². The summed E-state index contributed by atoms with van der Waals surface area (Å²) in [7, 11) is 1.62. The van der Waals surface area contributed by atoms with Crippen molar-refractivity contribution in [3.8, 4) is 5.75 Å². The van der Waals surface area contributed by atoms with Crippen LogP contribution in [0.15, 0.2) is 36.4 Å². The molecule has 1 heterocycles. The maximum atomic E-state index is 5.81. The molecule has 0 bridgehead atoms. The van der Waals surface area contributed by atoms with E-state index in [2.05, 4.69) is 15.6 Å². The van der Waals surface area contributed by atoms with Crippen molar-refractivity contribution in [3.05, 3.63) is 46.7 Å². The van der Waals surface area contributed by atoms with Crippen LogP contribution in [-0.2, 0) is 0 Å². The van der Waals surface area contributed by atoms with Gasteiger partial charge < -0.3 is 15.4 Å². The summed E-state index contributed by atoms with van der Waals surface area (Å²) in [5.74, 6) is 0.780. The highest BCUT2D eigenvalue weighted by Gasteiger charge is 2.03. The zero-order valence-corrected chi connectivity index (χ0v) is 12.8. The fourth-order valence-electron chi connectivity index (χ4n) is 1.50. The molecule has 0 aliphatic carbocycles. The summed E-state index contributed by atoms with van der Waals surface area (Å²) < 4.78 is 5.08. The molecule has 20 heavy (non-hydrogen) atoms. The van der Waals surface area contributed by atoms with E-state index >= 15 is 0 Å². The van der Waals surface area contributed by atoms with Gasteiger partial charge >= 0.3 is 0 Å². The van der Waals surface area contributed by atoms with Crippen LogP contribution in [0, 0.1) is 0 Å². The van der Waals surface area contributed by atoms with Gasteiger partial charge in [0.2, 0.25) is 0 Å². The second-order valence-corrected chi connectivity index (χ2v) is 4.99. The molecule has 0 spiro atoms. The van der Waals surface area contributed by atoms with Crippen LogP contribution in [0.2, 0.25) is 10.3 Å². The monoisotopic (exact) mass is 327 g/mol. The van der Waals surface area contributed by atoms with Crippen LogP contribution in [0.5, 0.6) is 5.75 Å². The van der Waals surface area contributed by atoms with E-state index in [4.69, 9.17) is 40.2 Å². The number of hydrogen-bond acceptors (Lipinski definition) is 3. The summed E-state index contributed by atoms with van der Waals surface area (Å²) >= 11 is 16.8. The maximum Gasteiger partial charge on any atom is 0.175 e. The highest BCUT2D eigenvalue weighted by molar-refractivity contribution is 7.80. The van der Waals surface area contributed by atoms with E-state index in [1.165, 1.54) is 0 Å². The summed E-state index contributed by atoms with van der Waals surface area (Å²) in [5, 5.41) is 7.04. The molecular weight excluding hydrogens is 317 g/mol. The van der Waals surface area contributed by atoms with E-state index < -0.39 is 0 Å². The fraction of sp³-hybridized carbons (Fsp3) is 0.0769. The lowest BCUT2D eigenvalue weighted by Gasteiger charge is -2.11. The highest BCUT2D eigenvalue weighted by atomic mass is 35.5. The van der Waals surface area contributed by atoms with Crippen molar-refractivity contribution in [1.82, 2.24) is 4.98 Å². The number of hydrogen-bond donors (Lipinski definition) is 2. The third kappa shape index (κ3) is 4.23. The van der Waals surface area contributed by atoms with Gasteiger partial charge in [0.05, 0.1) is 7.11 Å². The summed E-state index contributed by atoms with van der Waals surface area (Å²) in [4.78, 5) is 3.86. The van der Waals surface area contributed by atoms with Crippen LogP contribution in [0.1, 0.15) is 0 Å². The van der Waals surface area contributed by atoms with Gasteiger partial charge in [-0.05, 0) is 48.6 Å². The molecule has 1 aromatic heterocycles. The average Bonchev–Trinajstić information content (AvgIpc) is 2.38. The molecule has 2 N–H and O–H groups in total. The van der Waals surface area contributed by atoms with Gasteiger partial charge in [0.15, 0.2) is 5.11 Å². The fourth-order valence-corrected chi connectivity index (χ4v) is 2.20. The number of rotatable bonds is 3. The number of thiocarbonyl (C=S) groups is 1. The molecule has 0 unspecified atom stereocenters. The zero-order chi connectivity index (χ0) is 14.5. The normalized spacial score (nSPS) is 9.95. The Labute approximate surface area is 132 Å². The third-order valence-electron chi connectivity index (χ3n) is 2.37. The number of nitrogens with zero attached hydrogens (tertiary/aromatic N) is 1. The predicted molar refractivity (Wildman–Crippen MR) is 87.1 cm³/mol. The molecule has 2 aromatic rings. The molecule has 7 heteroatoms. The topological polar surface area (TPSA) is 46.2 Å². The number of halogens is 2. The molecule has 4 nitrogen and oxygen atoms in total. The molecule has 0 amide bonds. The van der Waals surface area contributed by atoms with E-state index in [0.29, 0.717) is 21.1 Å². The summed E-state index contributed by atoms with van der Waals surface area (Å²) in [6.07, 6.45) is 0. The van der Waals surface area contributed by atoms with Gasteiger partial charge in [0, 0.05) is 11.4 Å². The SMILES string of the molecule is COc1ccc(NC(=S)Nc2cc(Cl)nc(Cl)c2)cc1. The Morgan fingerprint density at radius 1 is 1.05 bits per heavy atom. The molecule has 104 valence electrons. The molecular formula is C13H11Cl2N3OS. The largest absolute Gasteiger partial charge is 0.497 e. The standard InChI is InChI=1S/C13H11Cl2N3OS/c1-19-10-4-2-8(3-5-10)16-13(20)17-9-6-11(14)18-12(15)7-9/h2-7H,1H3,(H2,16,17,18,20). The smallest absolute Gasteiger partial charge is 0.175 e. The first-order valence-corrected chi connectivity index (χ1v) is 6.78. The van der Waals surface area contributed by atoms with Crippen LogP contribution in [-0.4, -0.2) is 17.2 Å². The first-order chi connectivity index (χ1) is 9.56. The number of aromatic nitrogens is 1. The highest BCUT2D eigenvalue weighted by Crippen LogP contribution is 2.19. The van der Waals surface area contributed by atoms with E-state index in [-0.39, 0.29) is 0 Å². The van der Waals surface area contributed by atoms with Crippen molar-refractivity contribution in [2.24, 2.45) is 0 Å². The Kier molecular flexibility index (Phi) is 5.00. The van der Waals surface area contributed by atoms with E-state index in [1.807, 2.05) is 24.3 Å². The average molecular weight is 328 g/mol. The van der Waals surface area contributed by atoms with Gasteiger partial charge in [-0.15, -0.1) is 0 Å². The molecule has 1 aromatic carbocycles. The van der Waals surface area contributed by atoms with Crippen molar-refractivity contribution in [2.75, 3.05) is 17.7 Å². The van der Waals surface area contributed by atoms with Crippen LogP contribution >= 0.6 is 35.4 Å². The van der Waals surface area contributed by atoms with Crippen molar-refractivity contribution in [1.29, 1.82) is 0 Å². The summed E-state index contributed by atoms with van der Waals surface area (Å²) in [5.41, 5.74) is 1.51. The number of methoxy groups -OCH3 is 1. The van der Waals surface area contributed by atoms with Crippen LogP contribution in [0.25, 0.3) is 0 Å². The second-order valence-electron chi connectivity index (χ2n) is 3.81. The number of pyridine rings is 1. The lowest BCUT2D eigenvalue weighted by molar-refractivity contribution is 0.415. The molecule has 0 atom stereocenters. The van der Waals surface area contributed by atoms with Crippen molar-refractivity contribution >= 4 is 51.9 Å². The van der Waals surface area contributed by atoms with Gasteiger partial charge in [-0.25, -0.2) is 4.98 Å². The molecule has 0 fully saturated rings. The Morgan fingerprint density at radius 2 is 1.60 bits per heavy atom. The molecule has 0 saturated heterocycles. The van der Waals surface area contributed by atoms with Crippen molar-refractivity contribution < 1.29 is 4.74 Å². The van der Waals surface area contributed by atoms with Crippen LogP contribution in [0.4, 0.5) is 11.4 Å². The maximum absolute atomic E-state index is 5.81. The lowest BCUT2D eigenvalue weighted by atomic mass is 10.3. The van der Waals surface area contributed by atoms with Crippen LogP contribution in [0.3, 0.4) is 0 Å². The molecule has 0 radical (unpaired) electrons. The third-order valence-corrected chi connectivity index (χ3v) is 2.96. The predicted octanol–water partition coefficient (Wildman–Crippen LogP) is 4.21. The minimum Gasteiger partial charge on any atom is -0.497 e. The zero-order valence-electron chi connectivity index (χ0n) is 10.5. The molecule has 2 rings (SSSR count). The second kappa shape index (κ2) is 6.74. The van der Waals surface area contributed by atoms with Gasteiger partial charge in [0.25, 0.3) is 0 Å². The van der Waals surface area contributed by atoms with E-state index in [9.17, 15) is 0 Å². The van der Waals surface area contributed by atoms with E-state index in [0.717, 1.165) is 11.4 Å². The first kappa shape index (κ1) is 14.8. The number of nitrogens with one attached hydrogen (secondary N) is 2. The van der Waals surface area contributed by atoms with Gasteiger partial charge in [-0.3, -0.25) is 0 Å². The summed E-state index contributed by atoms with van der Waals surface area (Å²) in [6.45, 7) is 0. The quantitative estimate of drug-likeness (QED) is 0.653. The Bertz CT molecular complexity index is 599. The minimum atomic E-state index is 0.298. The molecule has 0 aliphatic rings.